The summed E-state index contributed by atoms with van der Waals surface area (Å²) in [6.45, 7) is 0. The van der Waals surface area contributed by atoms with Crippen LogP contribution in [0.2, 0.25) is 0 Å². The predicted octanol–water partition coefficient (Wildman–Crippen LogP) is 7.82. The smallest absolute Gasteiger partial charge is 0.141 e. The highest BCUT2D eigenvalue weighted by Crippen LogP contribution is 2.27. The van der Waals surface area contributed by atoms with Gasteiger partial charge in [0.2, 0.25) is 0 Å². The first kappa shape index (κ1) is 21.3. The number of rotatable bonds is 8. The van der Waals surface area contributed by atoms with Gasteiger partial charge < -0.3 is 0 Å². The van der Waals surface area contributed by atoms with Gasteiger partial charge in [0, 0.05) is 12.8 Å². The van der Waals surface area contributed by atoms with E-state index in [1.54, 1.807) is 0 Å². The van der Waals surface area contributed by atoms with Crippen LogP contribution in [0.25, 0.3) is 23.3 Å². The van der Waals surface area contributed by atoms with Crippen molar-refractivity contribution in [1.29, 1.82) is 0 Å². The number of carbonyl (C=O) groups excluding carboxylic acids is 1. The van der Waals surface area contributed by atoms with Gasteiger partial charge in [0.25, 0.3) is 0 Å². The highest BCUT2D eigenvalue weighted by atomic mass is 16.1. The van der Waals surface area contributed by atoms with Gasteiger partial charge >= 0.3 is 0 Å². The molecule has 4 rings (SSSR count). The number of hydrogen-bond donors (Lipinski definition) is 0. The number of benzene rings is 4. The zero-order valence-electron chi connectivity index (χ0n) is 18.0. The van der Waals surface area contributed by atoms with E-state index in [9.17, 15) is 4.79 Å². The average Bonchev–Trinajstić information content (AvgIpc) is 2.86. The summed E-state index contributed by atoms with van der Waals surface area (Å²) in [5.74, 6) is 0.196. The molecule has 0 amide bonds. The summed E-state index contributed by atoms with van der Waals surface area (Å²) in [6.07, 6.45) is 5.02. The molecule has 4 aromatic carbocycles. The molecule has 0 heterocycles. The van der Waals surface area contributed by atoms with E-state index in [0.29, 0.717) is 12.8 Å². The summed E-state index contributed by atoms with van der Waals surface area (Å²) in [5.41, 5.74) is 6.43. The van der Waals surface area contributed by atoms with Gasteiger partial charge in [-0.05, 0) is 33.4 Å². The summed E-state index contributed by atoms with van der Waals surface area (Å²) in [6, 6.07) is 40.7. The Kier molecular flexibility index (Phi) is 7.23. The normalized spacial score (nSPS) is 11.9. The summed E-state index contributed by atoms with van der Waals surface area (Å²) in [4.78, 5) is 13.3. The Hall–Kier alpha value is -3.97. The number of Topliss-reactive ketones (excluding diaryl/α,β-unsaturated/α-hetero) is 1. The Labute approximate surface area is 190 Å². The molecule has 0 radical (unpaired) electrons. The van der Waals surface area contributed by atoms with Gasteiger partial charge in [-0.15, -0.1) is 0 Å². The zero-order chi connectivity index (χ0) is 22.0. The van der Waals surface area contributed by atoms with Crippen molar-refractivity contribution in [3.8, 4) is 0 Å². The van der Waals surface area contributed by atoms with Gasteiger partial charge in [-0.2, -0.15) is 0 Å². The second-order valence-electron chi connectivity index (χ2n) is 7.78. The molecule has 0 fully saturated rings. The van der Waals surface area contributed by atoms with Crippen molar-refractivity contribution in [3.63, 3.8) is 0 Å². The SMILES string of the molecule is O=C(C/C(=C/c1ccccc1)c1ccccc1)C/C(=C\c1ccccc1)c1ccccc1. The third-order valence-corrected chi connectivity index (χ3v) is 5.35. The van der Waals surface area contributed by atoms with E-state index in [1.807, 2.05) is 72.8 Å². The van der Waals surface area contributed by atoms with E-state index >= 15 is 0 Å². The van der Waals surface area contributed by atoms with Crippen LogP contribution >= 0.6 is 0 Å². The molecule has 156 valence electrons. The van der Waals surface area contributed by atoms with Crippen molar-refractivity contribution in [3.05, 3.63) is 144 Å². The lowest BCUT2D eigenvalue weighted by molar-refractivity contribution is -0.117. The third-order valence-electron chi connectivity index (χ3n) is 5.35. The van der Waals surface area contributed by atoms with Crippen LogP contribution in [0, 0.1) is 0 Å². The Morgan fingerprint density at radius 3 is 1.12 bits per heavy atom. The molecule has 0 saturated carbocycles. The van der Waals surface area contributed by atoms with E-state index in [-0.39, 0.29) is 5.78 Å². The number of carbonyl (C=O) groups is 1. The van der Waals surface area contributed by atoms with Crippen LogP contribution in [0.1, 0.15) is 35.1 Å². The second-order valence-corrected chi connectivity index (χ2v) is 7.78. The Morgan fingerprint density at radius 2 is 0.781 bits per heavy atom. The van der Waals surface area contributed by atoms with Crippen molar-refractivity contribution < 1.29 is 4.79 Å². The summed E-state index contributed by atoms with van der Waals surface area (Å²) >= 11 is 0. The summed E-state index contributed by atoms with van der Waals surface area (Å²) < 4.78 is 0. The third kappa shape index (κ3) is 6.02. The van der Waals surface area contributed by atoms with Gasteiger partial charge in [-0.25, -0.2) is 0 Å². The van der Waals surface area contributed by atoms with E-state index in [4.69, 9.17) is 0 Å². The molecule has 0 unspecified atom stereocenters. The van der Waals surface area contributed by atoms with Gasteiger partial charge in [-0.3, -0.25) is 4.79 Å². The van der Waals surface area contributed by atoms with E-state index in [1.165, 1.54) is 0 Å². The molecule has 0 atom stereocenters. The first-order valence-electron chi connectivity index (χ1n) is 10.9. The van der Waals surface area contributed by atoms with Crippen molar-refractivity contribution in [2.24, 2.45) is 0 Å². The summed E-state index contributed by atoms with van der Waals surface area (Å²) in [5, 5.41) is 0. The zero-order valence-corrected chi connectivity index (χ0v) is 18.0. The molecule has 0 aliphatic rings. The molecular formula is C31H26O. The molecule has 1 nitrogen and oxygen atoms in total. The van der Waals surface area contributed by atoms with Crippen LogP contribution in [-0.2, 0) is 4.79 Å². The van der Waals surface area contributed by atoms with Crippen LogP contribution in [0.15, 0.2) is 121 Å². The van der Waals surface area contributed by atoms with Crippen LogP contribution in [-0.4, -0.2) is 5.78 Å². The number of ketones is 1. The fourth-order valence-corrected chi connectivity index (χ4v) is 3.77. The van der Waals surface area contributed by atoms with Crippen molar-refractivity contribution in [1.82, 2.24) is 0 Å². The first-order chi connectivity index (χ1) is 15.8. The maximum Gasteiger partial charge on any atom is 0.141 e. The molecule has 0 aliphatic heterocycles. The minimum atomic E-state index is 0.196. The minimum absolute atomic E-state index is 0.196. The largest absolute Gasteiger partial charge is 0.299 e. The second kappa shape index (κ2) is 10.9. The highest BCUT2D eigenvalue weighted by Gasteiger charge is 2.13. The quantitative estimate of drug-likeness (QED) is 0.269. The van der Waals surface area contributed by atoms with Gasteiger partial charge in [0.05, 0.1) is 0 Å². The molecule has 0 aromatic heterocycles. The van der Waals surface area contributed by atoms with Gasteiger partial charge in [0.1, 0.15) is 5.78 Å². The summed E-state index contributed by atoms with van der Waals surface area (Å²) in [7, 11) is 0. The fraction of sp³-hybridized carbons (Fsp3) is 0.0645. The lowest BCUT2D eigenvalue weighted by atomic mass is 9.92. The van der Waals surface area contributed by atoms with Crippen LogP contribution in [0.5, 0.6) is 0 Å². The molecule has 0 N–H and O–H groups in total. The first-order valence-corrected chi connectivity index (χ1v) is 10.9. The average molecular weight is 415 g/mol. The maximum absolute atomic E-state index is 13.3. The molecule has 32 heavy (non-hydrogen) atoms. The predicted molar refractivity (Wildman–Crippen MR) is 136 cm³/mol. The highest BCUT2D eigenvalue weighted by molar-refractivity contribution is 6.02. The van der Waals surface area contributed by atoms with Crippen molar-refractivity contribution in [2.45, 2.75) is 12.8 Å². The molecular weight excluding hydrogens is 388 g/mol. The van der Waals surface area contributed by atoms with E-state index in [2.05, 4.69) is 60.7 Å². The lowest BCUT2D eigenvalue weighted by Gasteiger charge is -2.11. The number of hydrogen-bond acceptors (Lipinski definition) is 1. The topological polar surface area (TPSA) is 17.1 Å². The lowest BCUT2D eigenvalue weighted by Crippen LogP contribution is -2.02. The Morgan fingerprint density at radius 1 is 0.469 bits per heavy atom. The van der Waals surface area contributed by atoms with Crippen LogP contribution in [0.4, 0.5) is 0 Å². The van der Waals surface area contributed by atoms with Crippen LogP contribution < -0.4 is 0 Å². The van der Waals surface area contributed by atoms with Crippen molar-refractivity contribution >= 4 is 29.1 Å². The standard InChI is InChI=1S/C31H26O/c32-31(23-29(27-17-9-3-10-18-27)21-25-13-5-1-6-14-25)24-30(28-19-11-4-12-20-28)22-26-15-7-2-8-16-26/h1-22H,23-24H2/b29-21-,30-22+. The number of allylic oxidation sites excluding steroid dienone is 2. The fourth-order valence-electron chi connectivity index (χ4n) is 3.77. The Bertz CT molecular complexity index is 1090. The Balaban J connectivity index is 1.62. The molecule has 4 aromatic rings. The molecule has 0 aliphatic carbocycles. The molecule has 0 spiro atoms. The maximum atomic E-state index is 13.3. The van der Waals surface area contributed by atoms with E-state index < -0.39 is 0 Å². The van der Waals surface area contributed by atoms with Gasteiger partial charge in [-0.1, -0.05) is 133 Å². The van der Waals surface area contributed by atoms with Crippen LogP contribution in [0.3, 0.4) is 0 Å². The van der Waals surface area contributed by atoms with Gasteiger partial charge in [0.15, 0.2) is 0 Å². The molecule has 0 bridgehead atoms. The molecule has 0 saturated heterocycles. The molecule has 1 heteroatoms. The van der Waals surface area contributed by atoms with E-state index in [0.717, 1.165) is 33.4 Å². The monoisotopic (exact) mass is 414 g/mol. The van der Waals surface area contributed by atoms with Crippen molar-refractivity contribution in [2.75, 3.05) is 0 Å². The minimum Gasteiger partial charge on any atom is -0.299 e.